The number of amides is 2. The van der Waals surface area contributed by atoms with Crippen LogP contribution >= 0.6 is 0 Å². The smallest absolute Gasteiger partial charge is 0.265 e. The normalized spacial score (nSPS) is 15.9. The zero-order valence-corrected chi connectivity index (χ0v) is 20.1. The van der Waals surface area contributed by atoms with E-state index in [0.717, 1.165) is 28.8 Å². The Morgan fingerprint density at radius 1 is 1.03 bits per heavy atom. The molecule has 0 unspecified atom stereocenters. The van der Waals surface area contributed by atoms with E-state index >= 15 is 0 Å². The Morgan fingerprint density at radius 2 is 1.76 bits per heavy atom. The number of fused-ring (bicyclic) bond motifs is 1. The summed E-state index contributed by atoms with van der Waals surface area (Å²) in [6.45, 7) is 6.54. The highest BCUT2D eigenvalue weighted by atomic mass is 16.5. The highest BCUT2D eigenvalue weighted by molar-refractivity contribution is 5.94. The van der Waals surface area contributed by atoms with Crippen molar-refractivity contribution in [2.45, 2.75) is 52.2 Å². The van der Waals surface area contributed by atoms with Crippen molar-refractivity contribution in [2.75, 3.05) is 11.9 Å². The lowest BCUT2D eigenvalue weighted by Crippen LogP contribution is -2.40. The molecule has 34 heavy (non-hydrogen) atoms. The fourth-order valence-corrected chi connectivity index (χ4v) is 4.48. The lowest BCUT2D eigenvalue weighted by atomic mass is 9.87. The van der Waals surface area contributed by atoms with Crippen molar-refractivity contribution in [3.8, 4) is 5.75 Å². The number of hydrogen-bond donors (Lipinski definition) is 1. The molecule has 1 N–H and O–H groups in total. The quantitative estimate of drug-likeness (QED) is 0.498. The topological polar surface area (TPSA) is 58.6 Å². The number of nitrogens with one attached hydrogen (secondary N) is 1. The zero-order valence-electron chi connectivity index (χ0n) is 20.1. The first-order valence-corrected chi connectivity index (χ1v) is 12.0. The fraction of sp³-hybridized carbons (Fsp3) is 0.310. The van der Waals surface area contributed by atoms with Gasteiger partial charge in [-0.2, -0.15) is 0 Å². The van der Waals surface area contributed by atoms with Crippen LogP contribution in [0, 0.1) is 6.92 Å². The Bertz CT molecular complexity index is 1140. The van der Waals surface area contributed by atoms with Crippen LogP contribution in [0.3, 0.4) is 0 Å². The standard InChI is InChI=1S/C29H32N2O3/c1-4-26(29(33)30-23-14-11-20(3)12-15-23)34-24-16-13-21-17-18-31(27(32)5-2)28(25(21)19-24)22-9-7-6-8-10-22/h6-16,19,26,28H,4-5,17-18H2,1-3H3,(H,30,33)/t26-,28+/m0/s1. The second-order valence-electron chi connectivity index (χ2n) is 8.73. The van der Waals surface area contributed by atoms with Crippen molar-refractivity contribution < 1.29 is 14.3 Å². The van der Waals surface area contributed by atoms with E-state index < -0.39 is 6.10 Å². The van der Waals surface area contributed by atoms with Crippen molar-refractivity contribution in [3.63, 3.8) is 0 Å². The number of rotatable bonds is 7. The van der Waals surface area contributed by atoms with Gasteiger partial charge in [-0.1, -0.05) is 67.9 Å². The number of carbonyl (C=O) groups is 2. The maximum absolute atomic E-state index is 12.9. The Morgan fingerprint density at radius 3 is 2.44 bits per heavy atom. The Hall–Kier alpha value is -3.60. The lowest BCUT2D eigenvalue weighted by Gasteiger charge is -2.38. The van der Waals surface area contributed by atoms with Gasteiger partial charge in [0.05, 0.1) is 6.04 Å². The third-order valence-corrected chi connectivity index (χ3v) is 6.34. The summed E-state index contributed by atoms with van der Waals surface area (Å²) in [5, 5.41) is 2.95. The van der Waals surface area contributed by atoms with Crippen LogP contribution in [0.25, 0.3) is 0 Å². The highest BCUT2D eigenvalue weighted by Gasteiger charge is 2.32. The average Bonchev–Trinajstić information content (AvgIpc) is 2.87. The molecule has 3 aromatic carbocycles. The second kappa shape index (κ2) is 10.6. The van der Waals surface area contributed by atoms with Gasteiger partial charge in [0.1, 0.15) is 5.75 Å². The molecule has 1 aliphatic rings. The van der Waals surface area contributed by atoms with E-state index in [1.54, 1.807) is 0 Å². The molecule has 0 radical (unpaired) electrons. The first-order valence-electron chi connectivity index (χ1n) is 12.0. The van der Waals surface area contributed by atoms with Gasteiger partial charge in [0.15, 0.2) is 6.10 Å². The predicted molar refractivity (Wildman–Crippen MR) is 135 cm³/mol. The number of carbonyl (C=O) groups excluding carboxylic acids is 2. The van der Waals surface area contributed by atoms with E-state index in [4.69, 9.17) is 4.74 Å². The maximum atomic E-state index is 12.9. The van der Waals surface area contributed by atoms with Crippen molar-refractivity contribution >= 4 is 17.5 Å². The van der Waals surface area contributed by atoms with Crippen LogP contribution in [0.5, 0.6) is 5.75 Å². The third-order valence-electron chi connectivity index (χ3n) is 6.34. The van der Waals surface area contributed by atoms with Crippen LogP contribution < -0.4 is 10.1 Å². The lowest BCUT2D eigenvalue weighted by molar-refractivity contribution is -0.133. The molecule has 0 saturated heterocycles. The molecule has 0 spiro atoms. The highest BCUT2D eigenvalue weighted by Crippen LogP contribution is 2.37. The number of benzene rings is 3. The van der Waals surface area contributed by atoms with E-state index in [9.17, 15) is 9.59 Å². The molecule has 0 aromatic heterocycles. The SMILES string of the molecule is CCC(=O)N1CCc2ccc(O[C@@H](CC)C(=O)Nc3ccc(C)cc3)cc2[C@H]1c1ccccc1. The monoisotopic (exact) mass is 456 g/mol. The van der Waals surface area contributed by atoms with E-state index in [1.165, 1.54) is 5.56 Å². The van der Waals surface area contributed by atoms with Gasteiger partial charge in [-0.25, -0.2) is 0 Å². The molecule has 0 aliphatic carbocycles. The van der Waals surface area contributed by atoms with Crippen molar-refractivity contribution in [3.05, 3.63) is 95.1 Å². The van der Waals surface area contributed by atoms with Crippen LogP contribution in [0.15, 0.2) is 72.8 Å². The van der Waals surface area contributed by atoms with Gasteiger partial charge in [0.2, 0.25) is 5.91 Å². The predicted octanol–water partition coefficient (Wildman–Crippen LogP) is 5.68. The van der Waals surface area contributed by atoms with Crippen LogP contribution in [0.4, 0.5) is 5.69 Å². The summed E-state index contributed by atoms with van der Waals surface area (Å²) in [7, 11) is 0. The van der Waals surface area contributed by atoms with Gasteiger partial charge in [-0.15, -0.1) is 0 Å². The molecule has 2 atom stereocenters. The van der Waals surface area contributed by atoms with Crippen molar-refractivity contribution in [1.82, 2.24) is 4.90 Å². The average molecular weight is 457 g/mol. The van der Waals surface area contributed by atoms with Gasteiger partial charge in [0.25, 0.3) is 5.91 Å². The first-order chi connectivity index (χ1) is 16.5. The van der Waals surface area contributed by atoms with Gasteiger partial charge in [-0.05, 0) is 60.7 Å². The van der Waals surface area contributed by atoms with Crippen LogP contribution in [-0.2, 0) is 16.0 Å². The molecule has 1 aliphatic heterocycles. The van der Waals surface area contributed by atoms with Crippen LogP contribution in [0.2, 0.25) is 0 Å². The summed E-state index contributed by atoms with van der Waals surface area (Å²) in [5.74, 6) is 0.595. The molecule has 5 heteroatoms. The molecule has 2 amide bonds. The van der Waals surface area contributed by atoms with Crippen LogP contribution in [-0.4, -0.2) is 29.4 Å². The van der Waals surface area contributed by atoms with Crippen LogP contribution in [0.1, 0.15) is 55.0 Å². The largest absolute Gasteiger partial charge is 0.481 e. The third kappa shape index (κ3) is 5.14. The minimum absolute atomic E-state index is 0.134. The molecular formula is C29H32N2O3. The number of hydrogen-bond acceptors (Lipinski definition) is 3. The van der Waals surface area contributed by atoms with Gasteiger partial charge in [0, 0.05) is 18.7 Å². The zero-order chi connectivity index (χ0) is 24.1. The number of aryl methyl sites for hydroxylation is 1. The Labute approximate surface area is 201 Å². The number of anilines is 1. The molecule has 0 fully saturated rings. The fourth-order valence-electron chi connectivity index (χ4n) is 4.48. The minimum atomic E-state index is -0.619. The maximum Gasteiger partial charge on any atom is 0.265 e. The first kappa shape index (κ1) is 23.6. The van der Waals surface area contributed by atoms with Crippen molar-refractivity contribution in [2.24, 2.45) is 0 Å². The van der Waals surface area contributed by atoms with Gasteiger partial charge < -0.3 is 15.0 Å². The molecule has 5 nitrogen and oxygen atoms in total. The summed E-state index contributed by atoms with van der Waals surface area (Å²) in [6.07, 6.45) is 1.19. The Kier molecular flexibility index (Phi) is 7.31. The molecule has 0 saturated carbocycles. The van der Waals surface area contributed by atoms with Crippen molar-refractivity contribution in [1.29, 1.82) is 0 Å². The van der Waals surface area contributed by atoms with E-state index in [-0.39, 0.29) is 17.9 Å². The summed E-state index contributed by atoms with van der Waals surface area (Å²) in [5.41, 5.74) is 5.23. The summed E-state index contributed by atoms with van der Waals surface area (Å²) < 4.78 is 6.18. The summed E-state index contributed by atoms with van der Waals surface area (Å²) in [4.78, 5) is 27.7. The molecular weight excluding hydrogens is 424 g/mol. The van der Waals surface area contributed by atoms with Gasteiger partial charge >= 0.3 is 0 Å². The summed E-state index contributed by atoms with van der Waals surface area (Å²) in [6, 6.07) is 23.7. The van der Waals surface area contributed by atoms with E-state index in [1.807, 2.05) is 80.3 Å². The molecule has 0 bridgehead atoms. The second-order valence-corrected chi connectivity index (χ2v) is 8.73. The minimum Gasteiger partial charge on any atom is -0.481 e. The molecule has 4 rings (SSSR count). The summed E-state index contributed by atoms with van der Waals surface area (Å²) >= 11 is 0. The number of nitrogens with zero attached hydrogens (tertiary/aromatic N) is 1. The molecule has 1 heterocycles. The molecule has 176 valence electrons. The number of ether oxygens (including phenoxy) is 1. The van der Waals surface area contributed by atoms with E-state index in [2.05, 4.69) is 23.5 Å². The van der Waals surface area contributed by atoms with Gasteiger partial charge in [-0.3, -0.25) is 9.59 Å². The van der Waals surface area contributed by atoms with E-state index in [0.29, 0.717) is 25.1 Å². The Balaban J connectivity index is 1.60. The molecule has 3 aromatic rings.